The molecular weight excluding hydrogens is 519 g/mol. The van der Waals surface area contributed by atoms with E-state index in [1.165, 1.54) is 22.9 Å². The Hall–Kier alpha value is -4.90. The first kappa shape index (κ1) is 26.7. The van der Waals surface area contributed by atoms with Gasteiger partial charge in [0.1, 0.15) is 16.9 Å². The molecule has 0 aliphatic carbocycles. The predicted octanol–water partition coefficient (Wildman–Crippen LogP) is 2.16. The van der Waals surface area contributed by atoms with Crippen LogP contribution in [0.15, 0.2) is 59.5 Å². The van der Waals surface area contributed by atoms with Crippen molar-refractivity contribution in [3.63, 3.8) is 0 Å². The Morgan fingerprint density at radius 2 is 1.65 bits per heavy atom. The first-order valence-electron chi connectivity index (χ1n) is 12.6. The number of imide groups is 1. The number of fused-ring (bicyclic) bond motifs is 2. The Labute approximate surface area is 227 Å². The van der Waals surface area contributed by atoms with Gasteiger partial charge in [-0.1, -0.05) is 24.3 Å². The Kier molecular flexibility index (Phi) is 7.14. The molecule has 11 heteroatoms. The quantitative estimate of drug-likeness (QED) is 0.289. The number of rotatable bonds is 8. The summed E-state index contributed by atoms with van der Waals surface area (Å²) in [5.74, 6) is -2.89. The van der Waals surface area contributed by atoms with E-state index in [-0.39, 0.29) is 54.2 Å². The number of hydrogen-bond donors (Lipinski definition) is 3. The molecule has 0 unspecified atom stereocenters. The van der Waals surface area contributed by atoms with Crippen molar-refractivity contribution in [2.45, 2.75) is 19.9 Å². The van der Waals surface area contributed by atoms with Gasteiger partial charge < -0.3 is 20.1 Å². The molecule has 0 saturated carbocycles. The van der Waals surface area contributed by atoms with E-state index in [1.54, 1.807) is 43.3 Å². The SMILES string of the molecule is Cc1c(Cc2ccc(F)cc2)cnc2c(O)c(C(=O)NCCO)c(=O)n(CCN3C(=O)c4ccccc4C3=O)c12. The molecular formula is C29H25FN4O6. The number of aliphatic hydroxyl groups excluding tert-OH is 1. The van der Waals surface area contributed by atoms with E-state index < -0.39 is 34.6 Å². The fourth-order valence-electron chi connectivity index (χ4n) is 4.91. The maximum absolute atomic E-state index is 13.7. The summed E-state index contributed by atoms with van der Waals surface area (Å²) in [6.07, 6.45) is 1.86. The molecule has 40 heavy (non-hydrogen) atoms. The number of halogens is 1. The lowest BCUT2D eigenvalue weighted by Gasteiger charge is -2.20. The highest BCUT2D eigenvalue weighted by Gasteiger charge is 2.35. The molecule has 0 fully saturated rings. The smallest absolute Gasteiger partial charge is 0.267 e. The van der Waals surface area contributed by atoms with Gasteiger partial charge in [-0.05, 0) is 54.3 Å². The number of nitrogens with zero attached hydrogens (tertiary/aromatic N) is 3. The van der Waals surface area contributed by atoms with Crippen LogP contribution >= 0.6 is 0 Å². The van der Waals surface area contributed by atoms with Crippen LogP contribution in [0.25, 0.3) is 11.0 Å². The van der Waals surface area contributed by atoms with Crippen molar-refractivity contribution in [1.29, 1.82) is 0 Å². The molecule has 1 aliphatic heterocycles. The molecule has 2 aromatic heterocycles. The monoisotopic (exact) mass is 544 g/mol. The molecule has 5 rings (SSSR count). The number of benzene rings is 2. The minimum Gasteiger partial charge on any atom is -0.505 e. The van der Waals surface area contributed by atoms with Gasteiger partial charge >= 0.3 is 0 Å². The number of carbonyl (C=O) groups excluding carboxylic acids is 3. The zero-order valence-electron chi connectivity index (χ0n) is 21.5. The van der Waals surface area contributed by atoms with Crippen LogP contribution < -0.4 is 10.9 Å². The van der Waals surface area contributed by atoms with Crippen molar-refractivity contribution in [3.05, 3.63) is 104 Å². The maximum Gasteiger partial charge on any atom is 0.267 e. The molecule has 10 nitrogen and oxygen atoms in total. The van der Waals surface area contributed by atoms with Gasteiger partial charge in [-0.3, -0.25) is 29.1 Å². The van der Waals surface area contributed by atoms with Crippen molar-refractivity contribution in [2.24, 2.45) is 0 Å². The standard InChI is InChI=1S/C29H25FN4O6/c1-16-18(14-17-6-8-19(30)9-7-17)15-32-23-24(16)33(29(40)22(25(23)36)26(37)31-10-13-35)11-12-34-27(38)20-4-2-3-5-21(20)28(34)39/h2-9,15,35-36H,10-14H2,1H3,(H,31,37). The van der Waals surface area contributed by atoms with Crippen molar-refractivity contribution in [3.8, 4) is 5.75 Å². The molecule has 3 amide bonds. The summed E-state index contributed by atoms with van der Waals surface area (Å²) in [6, 6.07) is 12.3. The van der Waals surface area contributed by atoms with Crippen LogP contribution in [0.2, 0.25) is 0 Å². The third-order valence-electron chi connectivity index (χ3n) is 6.96. The highest BCUT2D eigenvalue weighted by atomic mass is 19.1. The van der Waals surface area contributed by atoms with Crippen molar-refractivity contribution in [1.82, 2.24) is 19.8 Å². The topological polar surface area (TPSA) is 142 Å². The van der Waals surface area contributed by atoms with Gasteiger partial charge in [0.15, 0.2) is 5.75 Å². The van der Waals surface area contributed by atoms with Gasteiger partial charge in [-0.2, -0.15) is 0 Å². The van der Waals surface area contributed by atoms with E-state index in [1.807, 2.05) is 0 Å². The minimum absolute atomic E-state index is 0.0172. The Morgan fingerprint density at radius 1 is 1.00 bits per heavy atom. The number of amides is 3. The zero-order chi connectivity index (χ0) is 28.6. The average Bonchev–Trinajstić information content (AvgIpc) is 3.19. The number of aryl methyl sites for hydroxylation is 1. The van der Waals surface area contributed by atoms with Gasteiger partial charge in [0.05, 0.1) is 23.3 Å². The lowest BCUT2D eigenvalue weighted by Crippen LogP contribution is -2.38. The molecule has 3 heterocycles. The lowest BCUT2D eigenvalue weighted by atomic mass is 10.00. The number of aliphatic hydroxyl groups is 1. The van der Waals surface area contributed by atoms with E-state index in [9.17, 15) is 28.7 Å². The normalized spacial score (nSPS) is 12.7. The van der Waals surface area contributed by atoms with Gasteiger partial charge in [0.2, 0.25) is 0 Å². The number of nitrogens with one attached hydrogen (secondary N) is 1. The van der Waals surface area contributed by atoms with Crippen LogP contribution in [0.4, 0.5) is 4.39 Å². The summed E-state index contributed by atoms with van der Waals surface area (Å²) in [5, 5.41) is 22.4. The third-order valence-corrected chi connectivity index (χ3v) is 6.96. The molecule has 204 valence electrons. The Bertz CT molecular complexity index is 1700. The molecule has 1 aliphatic rings. The highest BCUT2D eigenvalue weighted by Crippen LogP contribution is 2.30. The molecule has 0 radical (unpaired) electrons. The van der Waals surface area contributed by atoms with Gasteiger partial charge in [-0.15, -0.1) is 0 Å². The van der Waals surface area contributed by atoms with Crippen molar-refractivity contribution >= 4 is 28.8 Å². The van der Waals surface area contributed by atoms with E-state index >= 15 is 0 Å². The fraction of sp³-hybridized carbons (Fsp3) is 0.207. The second kappa shape index (κ2) is 10.7. The number of pyridine rings is 2. The molecule has 0 bridgehead atoms. The van der Waals surface area contributed by atoms with Crippen molar-refractivity contribution in [2.75, 3.05) is 19.7 Å². The maximum atomic E-state index is 13.7. The number of hydrogen-bond acceptors (Lipinski definition) is 7. The highest BCUT2D eigenvalue weighted by molar-refractivity contribution is 6.21. The summed E-state index contributed by atoms with van der Waals surface area (Å²) in [7, 11) is 0. The van der Waals surface area contributed by atoms with Crippen LogP contribution in [-0.4, -0.2) is 62.1 Å². The van der Waals surface area contributed by atoms with Crippen LogP contribution in [0, 0.1) is 12.7 Å². The van der Waals surface area contributed by atoms with Crippen LogP contribution in [0.1, 0.15) is 47.8 Å². The minimum atomic E-state index is -0.900. The van der Waals surface area contributed by atoms with Crippen LogP contribution in [0.5, 0.6) is 5.75 Å². The second-order valence-electron chi connectivity index (χ2n) is 9.38. The first-order valence-corrected chi connectivity index (χ1v) is 12.6. The molecule has 0 atom stereocenters. The third kappa shape index (κ3) is 4.60. The Balaban J connectivity index is 1.61. The largest absolute Gasteiger partial charge is 0.505 e. The van der Waals surface area contributed by atoms with Gasteiger partial charge in [0, 0.05) is 25.8 Å². The molecule has 4 aromatic rings. The van der Waals surface area contributed by atoms with Crippen LogP contribution in [0.3, 0.4) is 0 Å². The second-order valence-corrected chi connectivity index (χ2v) is 9.38. The van der Waals surface area contributed by atoms with E-state index in [0.717, 1.165) is 10.5 Å². The lowest BCUT2D eigenvalue weighted by molar-refractivity contribution is 0.0648. The number of aromatic nitrogens is 2. The summed E-state index contributed by atoms with van der Waals surface area (Å²) in [5.41, 5.74) is 1.38. The molecule has 2 aromatic carbocycles. The molecule has 0 saturated heterocycles. The fourth-order valence-corrected chi connectivity index (χ4v) is 4.91. The molecule has 0 spiro atoms. The summed E-state index contributed by atoms with van der Waals surface area (Å²) >= 11 is 0. The van der Waals surface area contributed by atoms with E-state index in [2.05, 4.69) is 10.3 Å². The molecule has 3 N–H and O–H groups in total. The number of carbonyl (C=O) groups is 3. The predicted molar refractivity (Wildman–Crippen MR) is 143 cm³/mol. The number of aromatic hydroxyl groups is 1. The first-order chi connectivity index (χ1) is 19.2. The zero-order valence-corrected chi connectivity index (χ0v) is 21.5. The average molecular weight is 545 g/mol. The van der Waals surface area contributed by atoms with E-state index in [4.69, 9.17) is 5.11 Å². The summed E-state index contributed by atoms with van der Waals surface area (Å²) < 4.78 is 14.6. The summed E-state index contributed by atoms with van der Waals surface area (Å²) in [4.78, 5) is 57.7. The summed E-state index contributed by atoms with van der Waals surface area (Å²) in [6.45, 7) is 0.854. The van der Waals surface area contributed by atoms with E-state index in [0.29, 0.717) is 17.5 Å². The van der Waals surface area contributed by atoms with Gasteiger partial charge in [-0.25, -0.2) is 4.39 Å². The van der Waals surface area contributed by atoms with Gasteiger partial charge in [0.25, 0.3) is 23.3 Å². The Morgan fingerprint density at radius 3 is 2.27 bits per heavy atom. The van der Waals surface area contributed by atoms with Crippen LogP contribution in [-0.2, 0) is 13.0 Å². The van der Waals surface area contributed by atoms with Crippen molar-refractivity contribution < 1.29 is 29.0 Å².